The van der Waals surface area contributed by atoms with Gasteiger partial charge in [-0.3, -0.25) is 0 Å². The molecular weight excluding hydrogens is 280 g/mol. The average Bonchev–Trinajstić information content (AvgIpc) is 2.95. The third kappa shape index (κ3) is 3.85. The van der Waals surface area contributed by atoms with E-state index in [-0.39, 0.29) is 12.1 Å². The Morgan fingerprint density at radius 2 is 1.90 bits per heavy atom. The zero-order valence-corrected chi connectivity index (χ0v) is 13.8. The van der Waals surface area contributed by atoms with Crippen molar-refractivity contribution < 1.29 is 4.79 Å². The average molecular weight is 302 g/mol. The minimum Gasteiger partial charge on any atom is -0.330 e. The lowest BCUT2D eigenvalue weighted by Crippen LogP contribution is -2.34. The van der Waals surface area contributed by atoms with Crippen LogP contribution in [0.15, 0.2) is 35.7 Å². The number of amides is 2. The molecule has 0 radical (unpaired) electrons. The van der Waals surface area contributed by atoms with Gasteiger partial charge in [-0.05, 0) is 48.4 Å². The molecule has 1 aromatic carbocycles. The third-order valence-electron chi connectivity index (χ3n) is 3.66. The zero-order chi connectivity index (χ0) is 15.4. The molecule has 4 heteroatoms. The molecule has 2 rings (SSSR count). The van der Waals surface area contributed by atoms with Gasteiger partial charge in [-0.25, -0.2) is 4.79 Å². The second-order valence-corrected chi connectivity index (χ2v) is 6.56. The number of urea groups is 1. The van der Waals surface area contributed by atoms with Crippen LogP contribution in [-0.4, -0.2) is 6.03 Å². The van der Waals surface area contributed by atoms with Crippen molar-refractivity contribution in [3.63, 3.8) is 0 Å². The molecule has 0 saturated carbocycles. The smallest absolute Gasteiger partial charge is 0.319 e. The Balaban J connectivity index is 2.08. The molecule has 0 unspecified atom stereocenters. The highest BCUT2D eigenvalue weighted by atomic mass is 32.1. The number of nitrogens with one attached hydrogen (secondary N) is 2. The fourth-order valence-electron chi connectivity index (χ4n) is 2.22. The van der Waals surface area contributed by atoms with Gasteiger partial charge >= 0.3 is 6.03 Å². The van der Waals surface area contributed by atoms with Crippen molar-refractivity contribution in [1.29, 1.82) is 0 Å². The molecule has 1 heterocycles. The van der Waals surface area contributed by atoms with E-state index >= 15 is 0 Å². The molecule has 0 aliphatic carbocycles. The molecule has 0 saturated heterocycles. The number of anilines is 1. The van der Waals surface area contributed by atoms with Crippen molar-refractivity contribution in [2.45, 2.75) is 33.7 Å². The van der Waals surface area contributed by atoms with Crippen molar-refractivity contribution in [2.24, 2.45) is 5.92 Å². The van der Waals surface area contributed by atoms with Crippen molar-refractivity contribution in [2.75, 3.05) is 5.32 Å². The molecule has 2 aromatic rings. The van der Waals surface area contributed by atoms with E-state index in [4.69, 9.17) is 0 Å². The molecule has 1 aromatic heterocycles. The molecule has 0 bridgehead atoms. The summed E-state index contributed by atoms with van der Waals surface area (Å²) in [6.45, 7) is 8.29. The lowest BCUT2D eigenvalue weighted by molar-refractivity contribution is 0.245. The van der Waals surface area contributed by atoms with Crippen LogP contribution in [0.4, 0.5) is 10.5 Å². The second kappa shape index (κ2) is 6.76. The van der Waals surface area contributed by atoms with Gasteiger partial charge in [-0.2, -0.15) is 0 Å². The second-order valence-electron chi connectivity index (χ2n) is 5.58. The normalized spacial score (nSPS) is 12.2. The summed E-state index contributed by atoms with van der Waals surface area (Å²) in [6.07, 6.45) is 0. The summed E-state index contributed by atoms with van der Waals surface area (Å²) in [5.74, 6) is 0.341. The zero-order valence-electron chi connectivity index (χ0n) is 12.9. The molecule has 3 nitrogen and oxygen atoms in total. The van der Waals surface area contributed by atoms with Crippen molar-refractivity contribution >= 4 is 23.1 Å². The van der Waals surface area contributed by atoms with Crippen LogP contribution in [0.5, 0.6) is 0 Å². The van der Waals surface area contributed by atoms with Crippen molar-refractivity contribution in [3.05, 3.63) is 51.7 Å². The first-order valence-electron chi connectivity index (χ1n) is 7.16. The van der Waals surface area contributed by atoms with Crippen LogP contribution >= 0.6 is 11.3 Å². The maximum absolute atomic E-state index is 12.3. The molecule has 2 N–H and O–H groups in total. The predicted octanol–water partition coefficient (Wildman–Crippen LogP) is 4.88. The van der Waals surface area contributed by atoms with Crippen LogP contribution in [0.1, 0.15) is 35.9 Å². The monoisotopic (exact) mass is 302 g/mol. The van der Waals surface area contributed by atoms with E-state index in [1.165, 1.54) is 10.4 Å². The van der Waals surface area contributed by atoms with Gasteiger partial charge in [-0.1, -0.05) is 32.0 Å². The van der Waals surface area contributed by atoms with E-state index in [9.17, 15) is 4.79 Å². The summed E-state index contributed by atoms with van der Waals surface area (Å²) in [7, 11) is 0. The molecule has 2 amide bonds. The van der Waals surface area contributed by atoms with Crippen LogP contribution in [0.25, 0.3) is 0 Å². The number of carbonyl (C=O) groups excluding carboxylic acids is 1. The minimum atomic E-state index is -0.157. The number of hydrogen-bond donors (Lipinski definition) is 2. The van der Waals surface area contributed by atoms with Crippen LogP contribution in [0, 0.1) is 19.8 Å². The lowest BCUT2D eigenvalue weighted by atomic mass is 10.0. The topological polar surface area (TPSA) is 41.1 Å². The number of thiophene rings is 1. The molecular formula is C17H22N2OS. The Hall–Kier alpha value is -1.81. The van der Waals surface area contributed by atoms with Gasteiger partial charge in [0.25, 0.3) is 0 Å². The van der Waals surface area contributed by atoms with E-state index in [0.29, 0.717) is 5.92 Å². The summed E-state index contributed by atoms with van der Waals surface area (Å²) in [5.41, 5.74) is 3.14. The molecule has 0 fully saturated rings. The molecule has 112 valence electrons. The highest BCUT2D eigenvalue weighted by molar-refractivity contribution is 7.10. The quantitative estimate of drug-likeness (QED) is 0.830. The van der Waals surface area contributed by atoms with E-state index in [1.807, 2.05) is 43.5 Å². The van der Waals surface area contributed by atoms with E-state index in [1.54, 1.807) is 11.3 Å². The van der Waals surface area contributed by atoms with E-state index in [2.05, 4.69) is 30.5 Å². The third-order valence-corrected chi connectivity index (χ3v) is 4.61. The predicted molar refractivity (Wildman–Crippen MR) is 90.0 cm³/mol. The van der Waals surface area contributed by atoms with Gasteiger partial charge in [0, 0.05) is 10.6 Å². The van der Waals surface area contributed by atoms with Gasteiger partial charge in [-0.15, -0.1) is 11.3 Å². The number of aryl methyl sites for hydroxylation is 1. The fourth-order valence-corrected chi connectivity index (χ4v) is 3.17. The molecule has 0 aliphatic rings. The number of hydrogen-bond acceptors (Lipinski definition) is 2. The summed E-state index contributed by atoms with van der Waals surface area (Å²) < 4.78 is 0. The maximum atomic E-state index is 12.3. The summed E-state index contributed by atoms with van der Waals surface area (Å²) in [6, 6.07) is 9.88. The number of carbonyl (C=O) groups is 1. The van der Waals surface area contributed by atoms with Crippen molar-refractivity contribution in [1.82, 2.24) is 5.32 Å². The Morgan fingerprint density at radius 3 is 2.52 bits per heavy atom. The summed E-state index contributed by atoms with van der Waals surface area (Å²) >= 11 is 1.67. The Kier molecular flexibility index (Phi) is 5.02. The molecule has 21 heavy (non-hydrogen) atoms. The first-order chi connectivity index (χ1) is 9.99. The van der Waals surface area contributed by atoms with Crippen LogP contribution in [0.3, 0.4) is 0 Å². The largest absolute Gasteiger partial charge is 0.330 e. The van der Waals surface area contributed by atoms with Crippen LogP contribution in [-0.2, 0) is 0 Å². The molecule has 0 spiro atoms. The van der Waals surface area contributed by atoms with Gasteiger partial charge in [0.1, 0.15) is 0 Å². The summed E-state index contributed by atoms with van der Waals surface area (Å²) in [4.78, 5) is 13.5. The first-order valence-corrected chi connectivity index (χ1v) is 8.04. The highest BCUT2D eigenvalue weighted by Gasteiger charge is 2.19. The van der Waals surface area contributed by atoms with Crippen LogP contribution in [0.2, 0.25) is 0 Å². The van der Waals surface area contributed by atoms with Crippen molar-refractivity contribution in [3.8, 4) is 0 Å². The Morgan fingerprint density at radius 1 is 1.14 bits per heavy atom. The first kappa shape index (κ1) is 15.6. The Labute approximate surface area is 130 Å². The van der Waals surface area contributed by atoms with Gasteiger partial charge < -0.3 is 10.6 Å². The highest BCUT2D eigenvalue weighted by Crippen LogP contribution is 2.26. The standard InChI is InChI=1S/C17H22N2OS/c1-11(2)16(15-9-6-10-21-15)19-17(20)18-14-8-5-7-12(3)13(14)4/h5-11,16H,1-4H3,(H2,18,19,20)/t16-/m0/s1. The van der Waals surface area contributed by atoms with Gasteiger partial charge in [0.05, 0.1) is 6.04 Å². The fraction of sp³-hybridized carbons (Fsp3) is 0.353. The number of rotatable bonds is 4. The Bertz CT molecular complexity index is 605. The van der Waals surface area contributed by atoms with Gasteiger partial charge in [0.15, 0.2) is 0 Å². The van der Waals surface area contributed by atoms with E-state index < -0.39 is 0 Å². The van der Waals surface area contributed by atoms with E-state index in [0.717, 1.165) is 11.3 Å². The SMILES string of the molecule is Cc1cccc(NC(=O)N[C@H](c2cccs2)C(C)C)c1C. The molecule has 1 atom stereocenters. The number of benzene rings is 1. The summed E-state index contributed by atoms with van der Waals surface area (Å²) in [5, 5.41) is 8.06. The van der Waals surface area contributed by atoms with Gasteiger partial charge in [0.2, 0.25) is 0 Å². The lowest BCUT2D eigenvalue weighted by Gasteiger charge is -2.22. The molecule has 0 aliphatic heterocycles. The van der Waals surface area contributed by atoms with Crippen LogP contribution < -0.4 is 10.6 Å². The maximum Gasteiger partial charge on any atom is 0.319 e. The minimum absolute atomic E-state index is 0.0371.